The van der Waals surface area contributed by atoms with Crippen LogP contribution in [-0.4, -0.2) is 24.2 Å². The highest BCUT2D eigenvalue weighted by Crippen LogP contribution is 2.61. The van der Waals surface area contributed by atoms with Crippen LogP contribution in [0.2, 0.25) is 0 Å². The van der Waals surface area contributed by atoms with E-state index in [1.54, 1.807) is 52.0 Å². The highest BCUT2D eigenvalue weighted by molar-refractivity contribution is 6.30. The van der Waals surface area contributed by atoms with Crippen LogP contribution in [0.3, 0.4) is 0 Å². The number of amides is 2. The zero-order valence-electron chi connectivity index (χ0n) is 24.9. The number of nitrogens with one attached hydrogen (secondary N) is 2. The van der Waals surface area contributed by atoms with Crippen molar-refractivity contribution in [1.82, 2.24) is 0 Å². The summed E-state index contributed by atoms with van der Waals surface area (Å²) in [4.78, 5) is 24.5. The largest absolute Gasteiger partial charge is 0.426 e. The second-order valence-electron chi connectivity index (χ2n) is 12.4. The van der Waals surface area contributed by atoms with Crippen molar-refractivity contribution in [3.8, 4) is 0 Å². The van der Waals surface area contributed by atoms with Gasteiger partial charge in [0.05, 0.1) is 11.8 Å². The number of hydrogen-bond acceptors (Lipinski definition) is 2. The Balaban J connectivity index is 0.000000240. The van der Waals surface area contributed by atoms with E-state index in [1.165, 1.54) is 0 Å². The van der Waals surface area contributed by atoms with Crippen molar-refractivity contribution in [2.75, 3.05) is 10.6 Å². The molecule has 44 heavy (non-hydrogen) atoms. The highest BCUT2D eigenvalue weighted by Gasteiger charge is 2.62. The van der Waals surface area contributed by atoms with Gasteiger partial charge in [0.2, 0.25) is 11.8 Å². The molecule has 4 rings (SSSR count). The Morgan fingerprint density at radius 1 is 0.636 bits per heavy atom. The molecule has 240 valence electrons. The van der Waals surface area contributed by atoms with Gasteiger partial charge in [0.15, 0.2) is 0 Å². The molecule has 0 bridgehead atoms. The first-order valence-corrected chi connectivity index (χ1v) is 14.5. The van der Waals surface area contributed by atoms with Gasteiger partial charge < -0.3 is 10.6 Å². The molecule has 0 aromatic heterocycles. The summed E-state index contributed by atoms with van der Waals surface area (Å²) in [5.41, 5.74) is 2.29. The van der Waals surface area contributed by atoms with Crippen LogP contribution in [0.5, 0.6) is 0 Å². The SMILES string of the molecule is Cc1ccc(NC(=O)[C@@H]2[C@H](/C=C(\Cl)C(F)(F)F)C2(C)C)cc1.Cc1ccc(NC(=O)[C@H]2[C@@H](/C=C(\Cl)C(F)(F)F)C2(C)C)cc1. The number of anilines is 2. The van der Waals surface area contributed by atoms with E-state index in [2.05, 4.69) is 10.6 Å². The van der Waals surface area contributed by atoms with Gasteiger partial charge in [-0.05, 0) is 60.8 Å². The van der Waals surface area contributed by atoms with Crippen LogP contribution in [0.25, 0.3) is 0 Å². The Morgan fingerprint density at radius 3 is 1.16 bits per heavy atom. The Bertz CT molecular complexity index is 1320. The number of alkyl halides is 6. The van der Waals surface area contributed by atoms with Crippen molar-refractivity contribution >= 4 is 46.4 Å². The predicted molar refractivity (Wildman–Crippen MR) is 161 cm³/mol. The van der Waals surface area contributed by atoms with Crippen molar-refractivity contribution in [2.24, 2.45) is 34.5 Å². The van der Waals surface area contributed by atoms with Gasteiger partial charge in [-0.3, -0.25) is 9.59 Å². The lowest BCUT2D eigenvalue weighted by Crippen LogP contribution is -2.16. The van der Waals surface area contributed by atoms with Crippen molar-refractivity contribution in [2.45, 2.75) is 53.9 Å². The maximum atomic E-state index is 12.5. The van der Waals surface area contributed by atoms with Crippen LogP contribution in [0.15, 0.2) is 70.7 Å². The number of allylic oxidation sites excluding steroid dienone is 4. The molecule has 4 nitrogen and oxygen atoms in total. The minimum atomic E-state index is -4.57. The maximum absolute atomic E-state index is 12.5. The Morgan fingerprint density at radius 2 is 0.909 bits per heavy atom. The van der Waals surface area contributed by atoms with Gasteiger partial charge in [-0.25, -0.2) is 0 Å². The molecule has 4 atom stereocenters. The smallest absolute Gasteiger partial charge is 0.326 e. The number of halogens is 8. The molecule has 0 unspecified atom stereocenters. The van der Waals surface area contributed by atoms with Crippen LogP contribution < -0.4 is 10.6 Å². The minimum absolute atomic E-state index is 0.290. The molecule has 2 aliphatic rings. The lowest BCUT2D eigenvalue weighted by molar-refractivity contribution is -0.119. The molecule has 2 fully saturated rings. The summed E-state index contributed by atoms with van der Waals surface area (Å²) < 4.78 is 75.0. The average Bonchev–Trinajstić information content (AvgIpc) is 3.66. The van der Waals surface area contributed by atoms with Crippen LogP contribution >= 0.6 is 23.2 Å². The summed E-state index contributed by atoms with van der Waals surface area (Å²) >= 11 is 10.5. The number of carbonyl (C=O) groups is 2. The van der Waals surface area contributed by atoms with E-state index in [4.69, 9.17) is 23.2 Å². The third kappa shape index (κ3) is 8.59. The fourth-order valence-corrected chi connectivity index (χ4v) is 5.47. The fourth-order valence-electron chi connectivity index (χ4n) is 5.20. The first-order valence-electron chi connectivity index (χ1n) is 13.7. The Labute approximate surface area is 262 Å². The van der Waals surface area contributed by atoms with Crippen LogP contribution in [0.4, 0.5) is 37.7 Å². The van der Waals surface area contributed by atoms with Gasteiger partial charge in [0, 0.05) is 11.4 Å². The quantitative estimate of drug-likeness (QED) is 0.303. The Kier molecular flexibility index (Phi) is 10.3. The van der Waals surface area contributed by atoms with Gasteiger partial charge in [0.1, 0.15) is 10.1 Å². The van der Waals surface area contributed by atoms with E-state index in [0.29, 0.717) is 11.4 Å². The molecule has 0 spiro atoms. The van der Waals surface area contributed by atoms with Gasteiger partial charge in [-0.2, -0.15) is 26.3 Å². The van der Waals surface area contributed by atoms with E-state index in [9.17, 15) is 35.9 Å². The number of carbonyl (C=O) groups excluding carboxylic acids is 2. The second kappa shape index (κ2) is 12.8. The average molecular weight is 664 g/mol. The lowest BCUT2D eigenvalue weighted by atomic mass is 10.1. The minimum Gasteiger partial charge on any atom is -0.326 e. The predicted octanol–water partition coefficient (Wildman–Crippen LogP) is 9.78. The number of benzene rings is 2. The molecular weight excluding hydrogens is 629 g/mol. The molecule has 0 radical (unpaired) electrons. The molecule has 0 saturated heterocycles. The molecule has 2 amide bonds. The number of rotatable bonds is 6. The van der Waals surface area contributed by atoms with E-state index in [-0.39, 0.29) is 11.8 Å². The van der Waals surface area contributed by atoms with Crippen molar-refractivity contribution in [3.63, 3.8) is 0 Å². The van der Waals surface area contributed by atoms with Crippen LogP contribution in [0.1, 0.15) is 38.8 Å². The monoisotopic (exact) mass is 662 g/mol. The van der Waals surface area contributed by atoms with Gasteiger partial charge >= 0.3 is 12.4 Å². The summed E-state index contributed by atoms with van der Waals surface area (Å²) in [6.07, 6.45) is -7.25. The van der Waals surface area contributed by atoms with Gasteiger partial charge in [-0.15, -0.1) is 0 Å². The maximum Gasteiger partial charge on any atom is 0.426 e. The van der Waals surface area contributed by atoms with Crippen LogP contribution in [-0.2, 0) is 9.59 Å². The molecule has 0 aliphatic heterocycles. The van der Waals surface area contributed by atoms with Crippen molar-refractivity contribution < 1.29 is 35.9 Å². The van der Waals surface area contributed by atoms with E-state index in [0.717, 1.165) is 23.3 Å². The molecule has 0 heterocycles. The Hall–Kier alpha value is -2.98. The summed E-state index contributed by atoms with van der Waals surface area (Å²) in [6, 6.07) is 14.5. The van der Waals surface area contributed by atoms with Crippen molar-refractivity contribution in [3.05, 3.63) is 81.9 Å². The van der Waals surface area contributed by atoms with Crippen molar-refractivity contribution in [1.29, 1.82) is 0 Å². The van der Waals surface area contributed by atoms with E-state index >= 15 is 0 Å². The topological polar surface area (TPSA) is 58.2 Å². The zero-order valence-corrected chi connectivity index (χ0v) is 26.4. The second-order valence-corrected chi connectivity index (χ2v) is 13.2. The normalized spacial score (nSPS) is 24.0. The summed E-state index contributed by atoms with van der Waals surface area (Å²) in [7, 11) is 0. The van der Waals surface area contributed by atoms with E-state index < -0.39 is 56.9 Å². The summed E-state index contributed by atoms with van der Waals surface area (Å²) in [5.74, 6) is -2.67. The third-order valence-corrected chi connectivity index (χ3v) is 8.90. The molecular formula is C32H34Cl2F6N2O2. The zero-order chi connectivity index (χ0) is 33.4. The summed E-state index contributed by atoms with van der Waals surface area (Å²) in [5, 5.41) is 3.13. The van der Waals surface area contributed by atoms with Gasteiger partial charge in [-0.1, -0.05) is 98.4 Å². The molecule has 12 heteroatoms. The fraction of sp³-hybridized carbons (Fsp3) is 0.438. The first kappa shape index (κ1) is 35.5. The molecule has 2 N–H and O–H groups in total. The van der Waals surface area contributed by atoms with E-state index in [1.807, 2.05) is 38.1 Å². The summed E-state index contributed by atoms with van der Waals surface area (Å²) in [6.45, 7) is 10.9. The number of aryl methyl sites for hydroxylation is 2. The molecule has 2 aliphatic carbocycles. The third-order valence-electron chi connectivity index (χ3n) is 8.22. The van der Waals surface area contributed by atoms with Crippen LogP contribution in [0, 0.1) is 48.3 Å². The molecule has 2 saturated carbocycles. The first-order chi connectivity index (χ1) is 20.1. The van der Waals surface area contributed by atoms with Gasteiger partial charge in [0.25, 0.3) is 0 Å². The highest BCUT2D eigenvalue weighted by atomic mass is 35.5. The lowest BCUT2D eigenvalue weighted by Gasteiger charge is -2.06. The molecule has 2 aromatic carbocycles. The number of hydrogen-bond donors (Lipinski definition) is 2. The molecule has 2 aromatic rings. The standard InChI is InChI=1S/2C16H17ClF3NO/c2*1-9-4-6-10(7-5-9)21-14(22)13-11(15(13,2)3)8-12(17)16(18,19)20/h2*4-8,11,13H,1-3H3,(H,21,22)/b2*12-8-/t2*11-,13-/m10/s1.